The molecule has 3 heteroatoms. The molecule has 0 saturated carbocycles. The van der Waals surface area contributed by atoms with Crippen LogP contribution in [0.25, 0.3) is 0 Å². The predicted molar refractivity (Wildman–Crippen MR) is 53.5 cm³/mol. The van der Waals surface area contributed by atoms with E-state index in [1.54, 1.807) is 12.1 Å². The van der Waals surface area contributed by atoms with Crippen LogP contribution in [0, 0.1) is 11.3 Å². The average Bonchev–Trinajstić information content (AvgIpc) is 2.96. The molecule has 0 unspecified atom stereocenters. The molecule has 0 bridgehead atoms. The highest BCUT2D eigenvalue weighted by Gasteiger charge is 2.56. The highest BCUT2D eigenvalue weighted by atomic mass is 16.6. The van der Waals surface area contributed by atoms with Crippen molar-refractivity contribution >= 4 is 0 Å². The van der Waals surface area contributed by atoms with Crippen LogP contribution in [0.2, 0.25) is 0 Å². The molecule has 2 atom stereocenters. The van der Waals surface area contributed by atoms with E-state index >= 15 is 0 Å². The largest absolute Gasteiger partial charge is 0.485 e. The van der Waals surface area contributed by atoms with Gasteiger partial charge in [-0.3, -0.25) is 0 Å². The van der Waals surface area contributed by atoms with E-state index < -0.39 is 0 Å². The number of nitriles is 1. The van der Waals surface area contributed by atoms with Crippen molar-refractivity contribution in [1.29, 1.82) is 5.26 Å². The summed E-state index contributed by atoms with van der Waals surface area (Å²) in [5.41, 5.74) is 1.41. The standard InChI is InChI=1S/C12H11NO2/c1-12(2)11-10(14-11)8-4-3-7(6-13)5-9(8)15-12/h3-5,10-11H,1-2H3/t10-,11-/m1/s1. The third-order valence-corrected chi connectivity index (χ3v) is 3.00. The summed E-state index contributed by atoms with van der Waals surface area (Å²) in [6, 6.07) is 7.63. The smallest absolute Gasteiger partial charge is 0.132 e. The average molecular weight is 201 g/mol. The monoisotopic (exact) mass is 201 g/mol. The second-order valence-corrected chi connectivity index (χ2v) is 4.55. The summed E-state index contributed by atoms with van der Waals surface area (Å²) in [6.07, 6.45) is 0.328. The summed E-state index contributed by atoms with van der Waals surface area (Å²) < 4.78 is 11.4. The zero-order chi connectivity index (χ0) is 10.6. The number of benzene rings is 1. The van der Waals surface area contributed by atoms with Gasteiger partial charge in [0.05, 0.1) is 11.6 Å². The first-order valence-electron chi connectivity index (χ1n) is 5.00. The Labute approximate surface area is 88.2 Å². The summed E-state index contributed by atoms with van der Waals surface area (Å²) in [4.78, 5) is 0. The van der Waals surface area contributed by atoms with Crippen LogP contribution in [0.5, 0.6) is 5.75 Å². The van der Waals surface area contributed by atoms with Crippen molar-refractivity contribution in [3.8, 4) is 11.8 Å². The molecule has 76 valence electrons. The lowest BCUT2D eigenvalue weighted by molar-refractivity contribution is 0.0725. The maximum Gasteiger partial charge on any atom is 0.132 e. The fourth-order valence-electron chi connectivity index (χ4n) is 2.15. The first-order chi connectivity index (χ1) is 7.12. The van der Waals surface area contributed by atoms with Gasteiger partial charge in [-0.25, -0.2) is 0 Å². The molecule has 0 spiro atoms. The lowest BCUT2D eigenvalue weighted by Gasteiger charge is -2.29. The fraction of sp³-hybridized carbons (Fsp3) is 0.417. The van der Waals surface area contributed by atoms with Crippen LogP contribution < -0.4 is 4.74 Å². The molecule has 1 aromatic carbocycles. The zero-order valence-corrected chi connectivity index (χ0v) is 8.65. The van der Waals surface area contributed by atoms with Gasteiger partial charge < -0.3 is 9.47 Å². The Kier molecular flexibility index (Phi) is 1.48. The minimum absolute atomic E-state index is 0.163. The zero-order valence-electron chi connectivity index (χ0n) is 8.65. The van der Waals surface area contributed by atoms with E-state index in [1.165, 1.54) is 0 Å². The van der Waals surface area contributed by atoms with Gasteiger partial charge in [0.1, 0.15) is 23.6 Å². The summed E-state index contributed by atoms with van der Waals surface area (Å²) >= 11 is 0. The molecule has 3 nitrogen and oxygen atoms in total. The van der Waals surface area contributed by atoms with Gasteiger partial charge in [0, 0.05) is 5.56 Å². The Balaban J connectivity index is 2.10. The first kappa shape index (κ1) is 8.75. The second kappa shape index (κ2) is 2.53. The molecule has 0 aromatic heterocycles. The van der Waals surface area contributed by atoms with E-state index in [9.17, 15) is 0 Å². The lowest BCUT2D eigenvalue weighted by atomic mass is 9.94. The van der Waals surface area contributed by atoms with Crippen LogP contribution >= 0.6 is 0 Å². The summed E-state index contributed by atoms with van der Waals surface area (Å²) in [5.74, 6) is 0.790. The molecular formula is C12H11NO2. The molecule has 0 N–H and O–H groups in total. The third kappa shape index (κ3) is 1.15. The SMILES string of the molecule is CC1(C)Oc2cc(C#N)ccc2[C@H]2O[C@H]21. The molecule has 1 saturated heterocycles. The summed E-state index contributed by atoms with van der Waals surface area (Å²) in [6.45, 7) is 4.03. The first-order valence-corrected chi connectivity index (χ1v) is 5.00. The Morgan fingerprint density at radius 3 is 2.93 bits per heavy atom. The van der Waals surface area contributed by atoms with E-state index in [4.69, 9.17) is 14.7 Å². The van der Waals surface area contributed by atoms with Gasteiger partial charge in [0.25, 0.3) is 0 Å². The number of rotatable bonds is 0. The topological polar surface area (TPSA) is 45.5 Å². The Morgan fingerprint density at radius 2 is 2.20 bits per heavy atom. The number of hydrogen-bond acceptors (Lipinski definition) is 3. The normalized spacial score (nSPS) is 29.4. The highest BCUT2D eigenvalue weighted by molar-refractivity contribution is 5.47. The maximum absolute atomic E-state index is 8.81. The molecular weight excluding hydrogens is 190 g/mol. The maximum atomic E-state index is 8.81. The lowest BCUT2D eigenvalue weighted by Crippen LogP contribution is -2.37. The quantitative estimate of drug-likeness (QED) is 0.604. The molecule has 2 heterocycles. The minimum atomic E-state index is -0.286. The van der Waals surface area contributed by atoms with Crippen LogP contribution in [-0.2, 0) is 4.74 Å². The molecule has 0 amide bonds. The van der Waals surface area contributed by atoms with Gasteiger partial charge in [-0.05, 0) is 26.0 Å². The molecule has 2 aliphatic heterocycles. The summed E-state index contributed by atoms with van der Waals surface area (Å²) in [5, 5.41) is 8.81. The van der Waals surface area contributed by atoms with Crippen LogP contribution in [0.4, 0.5) is 0 Å². The van der Waals surface area contributed by atoms with Crippen molar-refractivity contribution in [1.82, 2.24) is 0 Å². The van der Waals surface area contributed by atoms with Crippen molar-refractivity contribution in [2.75, 3.05) is 0 Å². The predicted octanol–water partition coefficient (Wildman–Crippen LogP) is 2.17. The molecule has 2 aliphatic rings. The van der Waals surface area contributed by atoms with Crippen LogP contribution in [0.1, 0.15) is 31.1 Å². The van der Waals surface area contributed by atoms with Gasteiger partial charge in [-0.15, -0.1) is 0 Å². The van der Waals surface area contributed by atoms with Gasteiger partial charge >= 0.3 is 0 Å². The number of epoxide rings is 1. The van der Waals surface area contributed by atoms with Gasteiger partial charge in [0.15, 0.2) is 0 Å². The molecule has 0 aliphatic carbocycles. The van der Waals surface area contributed by atoms with Crippen LogP contribution in [0.3, 0.4) is 0 Å². The van der Waals surface area contributed by atoms with E-state index in [1.807, 2.05) is 19.9 Å². The highest BCUT2D eigenvalue weighted by Crippen LogP contribution is 2.53. The van der Waals surface area contributed by atoms with E-state index in [0.717, 1.165) is 11.3 Å². The van der Waals surface area contributed by atoms with E-state index in [-0.39, 0.29) is 17.8 Å². The van der Waals surface area contributed by atoms with E-state index in [2.05, 4.69) is 6.07 Å². The number of nitrogens with zero attached hydrogens (tertiary/aromatic N) is 1. The Hall–Kier alpha value is -1.53. The number of fused-ring (bicyclic) bond motifs is 3. The van der Waals surface area contributed by atoms with Gasteiger partial charge in [-0.1, -0.05) is 6.07 Å². The summed E-state index contributed by atoms with van der Waals surface area (Å²) in [7, 11) is 0. The molecule has 1 aromatic rings. The van der Waals surface area contributed by atoms with Crippen molar-refractivity contribution in [2.24, 2.45) is 0 Å². The Bertz CT molecular complexity index is 473. The molecule has 3 rings (SSSR count). The van der Waals surface area contributed by atoms with Crippen molar-refractivity contribution in [2.45, 2.75) is 31.7 Å². The van der Waals surface area contributed by atoms with Crippen molar-refractivity contribution < 1.29 is 9.47 Å². The van der Waals surface area contributed by atoms with E-state index in [0.29, 0.717) is 5.56 Å². The second-order valence-electron chi connectivity index (χ2n) is 4.55. The van der Waals surface area contributed by atoms with Gasteiger partial charge in [0.2, 0.25) is 0 Å². The van der Waals surface area contributed by atoms with Gasteiger partial charge in [-0.2, -0.15) is 5.26 Å². The van der Waals surface area contributed by atoms with Crippen LogP contribution in [-0.4, -0.2) is 11.7 Å². The molecule has 15 heavy (non-hydrogen) atoms. The fourth-order valence-corrected chi connectivity index (χ4v) is 2.15. The third-order valence-electron chi connectivity index (χ3n) is 3.00. The van der Waals surface area contributed by atoms with Crippen molar-refractivity contribution in [3.63, 3.8) is 0 Å². The van der Waals surface area contributed by atoms with Crippen molar-refractivity contribution in [3.05, 3.63) is 29.3 Å². The number of hydrogen-bond donors (Lipinski definition) is 0. The number of ether oxygens (including phenoxy) is 2. The molecule has 1 fully saturated rings. The van der Waals surface area contributed by atoms with Crippen LogP contribution in [0.15, 0.2) is 18.2 Å². The Morgan fingerprint density at radius 1 is 1.40 bits per heavy atom. The minimum Gasteiger partial charge on any atom is -0.485 e. The molecule has 0 radical (unpaired) electrons.